The van der Waals surface area contributed by atoms with E-state index in [-0.39, 0.29) is 17.9 Å². The van der Waals surface area contributed by atoms with Crippen molar-refractivity contribution in [3.05, 3.63) is 35.4 Å². The quantitative estimate of drug-likeness (QED) is 0.855. The highest BCUT2D eigenvalue weighted by molar-refractivity contribution is 5.93. The summed E-state index contributed by atoms with van der Waals surface area (Å²) in [5, 5.41) is 5.84. The standard InChI is InChI=1S/C16H23N3O2/c1-12(16(21)19-9-3-4-10-19)18-11-13-5-7-14(8-6-13)15(20)17-2/h5-8,12,18H,3-4,9-11H2,1-2H3,(H,17,20). The predicted octanol–water partition coefficient (Wildman–Crippen LogP) is 1.15. The molecule has 5 nitrogen and oxygen atoms in total. The lowest BCUT2D eigenvalue weighted by Gasteiger charge is -2.21. The number of nitrogens with one attached hydrogen (secondary N) is 2. The zero-order chi connectivity index (χ0) is 15.2. The summed E-state index contributed by atoms with van der Waals surface area (Å²) in [5.41, 5.74) is 1.70. The normalized spacial score (nSPS) is 15.8. The lowest BCUT2D eigenvalue weighted by Crippen LogP contribution is -2.43. The van der Waals surface area contributed by atoms with Crippen molar-refractivity contribution in [3.8, 4) is 0 Å². The van der Waals surface area contributed by atoms with Crippen molar-refractivity contribution in [2.24, 2.45) is 0 Å². The summed E-state index contributed by atoms with van der Waals surface area (Å²) >= 11 is 0. The summed E-state index contributed by atoms with van der Waals surface area (Å²) in [6.07, 6.45) is 2.22. The number of nitrogens with zero attached hydrogens (tertiary/aromatic N) is 1. The van der Waals surface area contributed by atoms with Gasteiger partial charge in [0, 0.05) is 32.2 Å². The van der Waals surface area contributed by atoms with E-state index >= 15 is 0 Å². The van der Waals surface area contributed by atoms with Crippen molar-refractivity contribution >= 4 is 11.8 Å². The Hall–Kier alpha value is -1.88. The van der Waals surface area contributed by atoms with Crippen molar-refractivity contribution < 1.29 is 9.59 Å². The third-order valence-electron chi connectivity index (χ3n) is 3.84. The summed E-state index contributed by atoms with van der Waals surface area (Å²) < 4.78 is 0. The Bertz CT molecular complexity index is 493. The molecular formula is C16H23N3O2. The second-order valence-electron chi connectivity index (χ2n) is 5.41. The van der Waals surface area contributed by atoms with Gasteiger partial charge in [0.2, 0.25) is 5.91 Å². The van der Waals surface area contributed by atoms with Gasteiger partial charge in [0.1, 0.15) is 0 Å². The van der Waals surface area contributed by atoms with Gasteiger partial charge in [-0.25, -0.2) is 0 Å². The van der Waals surface area contributed by atoms with E-state index in [2.05, 4.69) is 10.6 Å². The van der Waals surface area contributed by atoms with Crippen molar-refractivity contribution in [1.82, 2.24) is 15.5 Å². The van der Waals surface area contributed by atoms with Gasteiger partial charge >= 0.3 is 0 Å². The van der Waals surface area contributed by atoms with Crippen LogP contribution in [0.4, 0.5) is 0 Å². The van der Waals surface area contributed by atoms with Crippen LogP contribution in [0.1, 0.15) is 35.7 Å². The lowest BCUT2D eigenvalue weighted by molar-refractivity contribution is -0.131. The highest BCUT2D eigenvalue weighted by Crippen LogP contribution is 2.10. The van der Waals surface area contributed by atoms with E-state index in [0.717, 1.165) is 31.5 Å². The highest BCUT2D eigenvalue weighted by Gasteiger charge is 2.22. The fourth-order valence-corrected chi connectivity index (χ4v) is 2.49. The van der Waals surface area contributed by atoms with Crippen LogP contribution in [-0.2, 0) is 11.3 Å². The molecule has 1 heterocycles. The molecule has 21 heavy (non-hydrogen) atoms. The molecule has 1 aromatic rings. The van der Waals surface area contributed by atoms with Gasteiger partial charge in [0.05, 0.1) is 6.04 Å². The van der Waals surface area contributed by atoms with Gasteiger partial charge in [0.25, 0.3) is 5.91 Å². The molecule has 5 heteroatoms. The fraction of sp³-hybridized carbons (Fsp3) is 0.500. The first-order valence-corrected chi connectivity index (χ1v) is 7.45. The van der Waals surface area contributed by atoms with Gasteiger partial charge in [0.15, 0.2) is 0 Å². The molecule has 0 aliphatic carbocycles. The van der Waals surface area contributed by atoms with Crippen molar-refractivity contribution in [2.45, 2.75) is 32.4 Å². The molecule has 1 atom stereocenters. The summed E-state index contributed by atoms with van der Waals surface area (Å²) in [5.74, 6) is 0.0848. The van der Waals surface area contributed by atoms with E-state index in [0.29, 0.717) is 12.1 Å². The molecule has 2 rings (SSSR count). The molecule has 0 spiro atoms. The van der Waals surface area contributed by atoms with E-state index in [1.54, 1.807) is 19.2 Å². The molecule has 0 saturated carbocycles. The first kappa shape index (κ1) is 15.5. The van der Waals surface area contributed by atoms with Gasteiger partial charge in [-0.15, -0.1) is 0 Å². The molecule has 0 bridgehead atoms. The molecule has 2 N–H and O–H groups in total. The van der Waals surface area contributed by atoms with Crippen LogP contribution in [0.25, 0.3) is 0 Å². The van der Waals surface area contributed by atoms with E-state index < -0.39 is 0 Å². The number of rotatable bonds is 5. The molecule has 1 unspecified atom stereocenters. The van der Waals surface area contributed by atoms with Gasteiger partial charge < -0.3 is 15.5 Å². The molecule has 0 aromatic heterocycles. The van der Waals surface area contributed by atoms with Crippen molar-refractivity contribution in [3.63, 3.8) is 0 Å². The van der Waals surface area contributed by atoms with E-state index in [1.165, 1.54) is 0 Å². The van der Waals surface area contributed by atoms with E-state index in [1.807, 2.05) is 24.0 Å². The minimum absolute atomic E-state index is 0.0907. The Labute approximate surface area is 125 Å². The number of benzene rings is 1. The maximum atomic E-state index is 12.2. The minimum atomic E-state index is -0.179. The van der Waals surface area contributed by atoms with Crippen LogP contribution in [0.2, 0.25) is 0 Å². The molecule has 114 valence electrons. The van der Waals surface area contributed by atoms with Gasteiger partial charge in [-0.05, 0) is 37.5 Å². The van der Waals surface area contributed by atoms with Crippen LogP contribution in [0.5, 0.6) is 0 Å². The first-order chi connectivity index (χ1) is 10.1. The van der Waals surface area contributed by atoms with Crippen LogP contribution in [0.3, 0.4) is 0 Å². The second kappa shape index (κ2) is 7.22. The van der Waals surface area contributed by atoms with Crippen LogP contribution in [-0.4, -0.2) is 42.9 Å². The van der Waals surface area contributed by atoms with Crippen LogP contribution in [0.15, 0.2) is 24.3 Å². The highest BCUT2D eigenvalue weighted by atomic mass is 16.2. The monoisotopic (exact) mass is 289 g/mol. The maximum absolute atomic E-state index is 12.2. The smallest absolute Gasteiger partial charge is 0.251 e. The number of likely N-dealkylation sites (tertiary alicyclic amines) is 1. The molecule has 1 saturated heterocycles. The van der Waals surface area contributed by atoms with Gasteiger partial charge in [-0.1, -0.05) is 12.1 Å². The minimum Gasteiger partial charge on any atom is -0.355 e. The van der Waals surface area contributed by atoms with Crippen LogP contribution in [0, 0.1) is 0 Å². The number of hydrogen-bond donors (Lipinski definition) is 2. The Morgan fingerprint density at radius 3 is 2.38 bits per heavy atom. The maximum Gasteiger partial charge on any atom is 0.251 e. The lowest BCUT2D eigenvalue weighted by atomic mass is 10.1. The Balaban J connectivity index is 1.84. The van der Waals surface area contributed by atoms with Gasteiger partial charge in [-0.2, -0.15) is 0 Å². The molecule has 1 fully saturated rings. The Morgan fingerprint density at radius 2 is 1.81 bits per heavy atom. The Morgan fingerprint density at radius 1 is 1.19 bits per heavy atom. The molecule has 0 radical (unpaired) electrons. The molecule has 2 amide bonds. The second-order valence-corrected chi connectivity index (χ2v) is 5.41. The first-order valence-electron chi connectivity index (χ1n) is 7.45. The predicted molar refractivity (Wildman–Crippen MR) is 81.9 cm³/mol. The average Bonchev–Trinajstić information content (AvgIpc) is 3.06. The molecule has 1 aliphatic rings. The SMILES string of the molecule is CNC(=O)c1ccc(CNC(C)C(=O)N2CCCC2)cc1. The Kier molecular flexibility index (Phi) is 5.33. The summed E-state index contributed by atoms with van der Waals surface area (Å²) in [6.45, 7) is 4.28. The summed E-state index contributed by atoms with van der Waals surface area (Å²) in [4.78, 5) is 25.5. The third kappa shape index (κ3) is 4.04. The van der Waals surface area contributed by atoms with Crippen LogP contribution >= 0.6 is 0 Å². The largest absolute Gasteiger partial charge is 0.355 e. The zero-order valence-electron chi connectivity index (χ0n) is 12.7. The van der Waals surface area contributed by atoms with E-state index in [9.17, 15) is 9.59 Å². The number of carbonyl (C=O) groups is 2. The topological polar surface area (TPSA) is 61.4 Å². The number of hydrogen-bond acceptors (Lipinski definition) is 3. The molecular weight excluding hydrogens is 266 g/mol. The van der Waals surface area contributed by atoms with Crippen molar-refractivity contribution in [1.29, 1.82) is 0 Å². The third-order valence-corrected chi connectivity index (χ3v) is 3.84. The average molecular weight is 289 g/mol. The van der Waals surface area contributed by atoms with Gasteiger partial charge in [-0.3, -0.25) is 9.59 Å². The van der Waals surface area contributed by atoms with Crippen LogP contribution < -0.4 is 10.6 Å². The summed E-state index contributed by atoms with van der Waals surface area (Å²) in [7, 11) is 1.61. The molecule has 1 aliphatic heterocycles. The van der Waals surface area contributed by atoms with E-state index in [4.69, 9.17) is 0 Å². The number of amides is 2. The molecule has 1 aromatic carbocycles. The zero-order valence-corrected chi connectivity index (χ0v) is 12.7. The summed E-state index contributed by atoms with van der Waals surface area (Å²) in [6, 6.07) is 7.22. The van der Waals surface area contributed by atoms with Crippen molar-refractivity contribution in [2.75, 3.05) is 20.1 Å². The fourth-order valence-electron chi connectivity index (χ4n) is 2.49. The number of carbonyl (C=O) groups excluding carboxylic acids is 2.